The molecular weight excluding hydrogens is 344 g/mol. The molecule has 6 heteroatoms. The summed E-state index contributed by atoms with van der Waals surface area (Å²) < 4.78 is 16.7. The highest BCUT2D eigenvalue weighted by Gasteiger charge is 2.37. The number of fused-ring (bicyclic) bond motifs is 1. The second-order valence-electron chi connectivity index (χ2n) is 5.79. The second-order valence-corrected chi connectivity index (χ2v) is 5.79. The predicted octanol–water partition coefficient (Wildman–Crippen LogP) is 4.41. The fraction of sp³-hybridized carbons (Fsp3) is 0.238. The molecule has 1 aromatic heterocycles. The molecular formula is C21H22N2O4. The first-order valence-corrected chi connectivity index (χ1v) is 8.77. The zero-order valence-corrected chi connectivity index (χ0v) is 15.6. The molecule has 6 nitrogen and oxygen atoms in total. The van der Waals surface area contributed by atoms with Crippen molar-refractivity contribution in [1.29, 1.82) is 0 Å². The minimum atomic E-state index is -0.548. The number of hydrogen-bond acceptors (Lipinski definition) is 6. The molecule has 0 spiro atoms. The molecule has 0 bridgehead atoms. The van der Waals surface area contributed by atoms with Gasteiger partial charge in [-0.25, -0.2) is 9.80 Å². The molecule has 2 aromatic rings. The fourth-order valence-corrected chi connectivity index (χ4v) is 2.89. The summed E-state index contributed by atoms with van der Waals surface area (Å²) in [7, 11) is 1.33. The van der Waals surface area contributed by atoms with Crippen molar-refractivity contribution in [2.45, 2.75) is 26.9 Å². The number of allylic oxidation sites excluding steroid dienone is 1. The Morgan fingerprint density at radius 1 is 1.26 bits per heavy atom. The first-order chi connectivity index (χ1) is 13.2. The first-order valence-electron chi connectivity index (χ1n) is 8.77. The van der Waals surface area contributed by atoms with Crippen LogP contribution in [0.2, 0.25) is 0 Å². The normalized spacial score (nSPS) is 15.4. The summed E-state index contributed by atoms with van der Waals surface area (Å²) >= 11 is 0. The van der Waals surface area contributed by atoms with Crippen LogP contribution in [0.5, 0.6) is 0 Å². The highest BCUT2D eigenvalue weighted by molar-refractivity contribution is 6.00. The third-order valence-corrected chi connectivity index (χ3v) is 4.04. The van der Waals surface area contributed by atoms with Gasteiger partial charge in [-0.2, -0.15) is 5.10 Å². The first kappa shape index (κ1) is 18.5. The van der Waals surface area contributed by atoms with E-state index in [9.17, 15) is 4.79 Å². The van der Waals surface area contributed by atoms with Gasteiger partial charge in [-0.1, -0.05) is 43.3 Å². The third-order valence-electron chi connectivity index (χ3n) is 4.04. The minimum absolute atomic E-state index is 0.189. The van der Waals surface area contributed by atoms with Gasteiger partial charge in [0, 0.05) is 11.8 Å². The Bertz CT molecular complexity index is 894. The van der Waals surface area contributed by atoms with Crippen LogP contribution in [0.4, 0.5) is 0 Å². The van der Waals surface area contributed by atoms with Gasteiger partial charge in [0.25, 0.3) is 0 Å². The van der Waals surface area contributed by atoms with E-state index < -0.39 is 5.97 Å². The molecule has 0 N–H and O–H groups in total. The Balaban J connectivity index is 2.13. The molecule has 1 aliphatic rings. The zero-order chi connectivity index (χ0) is 19.2. The fourth-order valence-electron chi connectivity index (χ4n) is 2.89. The number of methoxy groups -OCH3 is 1. The van der Waals surface area contributed by atoms with Crippen molar-refractivity contribution in [2.75, 3.05) is 7.11 Å². The molecule has 0 fully saturated rings. The summed E-state index contributed by atoms with van der Waals surface area (Å²) in [5, 5.41) is 5.93. The number of rotatable bonds is 6. The summed E-state index contributed by atoms with van der Waals surface area (Å²) in [5.74, 6) is 0.255. The zero-order valence-electron chi connectivity index (χ0n) is 15.6. The van der Waals surface area contributed by atoms with Crippen LogP contribution in [-0.2, 0) is 20.9 Å². The second kappa shape index (κ2) is 8.40. The molecule has 1 aliphatic heterocycles. The van der Waals surface area contributed by atoms with Crippen molar-refractivity contribution in [3.63, 3.8) is 0 Å². The van der Waals surface area contributed by atoms with Crippen LogP contribution >= 0.6 is 0 Å². The lowest BCUT2D eigenvalue weighted by molar-refractivity contribution is -0.137. The Labute approximate surface area is 158 Å². The van der Waals surface area contributed by atoms with Gasteiger partial charge in [0.2, 0.25) is 0 Å². The van der Waals surface area contributed by atoms with E-state index in [-0.39, 0.29) is 12.3 Å². The summed E-state index contributed by atoms with van der Waals surface area (Å²) in [4.78, 5) is 12.6. The molecule has 27 heavy (non-hydrogen) atoms. The molecule has 0 saturated carbocycles. The summed E-state index contributed by atoms with van der Waals surface area (Å²) in [6, 6.07) is 11.6. The lowest BCUT2D eigenvalue weighted by atomic mass is 10.0. The Morgan fingerprint density at radius 3 is 2.70 bits per heavy atom. The number of carbonyl (C=O) groups excluding carboxylic acids is 1. The number of nitrogens with zero attached hydrogens (tertiary/aromatic N) is 2. The van der Waals surface area contributed by atoms with E-state index in [4.69, 9.17) is 13.9 Å². The standard InChI is InChI=1S/C21H22N2O4/c1-4-9-17-16-12-13-26-19(16)20(27-14-15-10-7-6-8-11-15)18(21(24)25-3)23(17)22-5-2/h5-13H,4,14H2,1-3H3/b17-9+,22-5-. The molecule has 0 saturated heterocycles. The van der Waals surface area contributed by atoms with E-state index in [2.05, 4.69) is 5.10 Å². The van der Waals surface area contributed by atoms with Crippen LogP contribution in [0.15, 0.2) is 64.0 Å². The van der Waals surface area contributed by atoms with Crippen molar-refractivity contribution in [3.8, 4) is 0 Å². The lowest BCUT2D eigenvalue weighted by Crippen LogP contribution is -2.28. The molecule has 0 radical (unpaired) electrons. The van der Waals surface area contributed by atoms with Crippen molar-refractivity contribution < 1.29 is 18.7 Å². The molecule has 0 atom stereocenters. The number of esters is 1. The molecule has 0 amide bonds. The van der Waals surface area contributed by atoms with Gasteiger partial charge >= 0.3 is 5.97 Å². The van der Waals surface area contributed by atoms with E-state index in [0.717, 1.165) is 23.2 Å². The van der Waals surface area contributed by atoms with E-state index in [1.807, 2.05) is 49.4 Å². The lowest BCUT2D eigenvalue weighted by Gasteiger charge is -2.29. The quantitative estimate of drug-likeness (QED) is 0.560. The van der Waals surface area contributed by atoms with Gasteiger partial charge in [0.1, 0.15) is 6.61 Å². The number of furan rings is 1. The van der Waals surface area contributed by atoms with Gasteiger partial charge in [0.15, 0.2) is 17.2 Å². The van der Waals surface area contributed by atoms with Crippen molar-refractivity contribution in [3.05, 3.63) is 71.3 Å². The molecule has 1 aromatic carbocycles. The Hall–Kier alpha value is -3.28. The van der Waals surface area contributed by atoms with E-state index in [0.29, 0.717) is 11.5 Å². The van der Waals surface area contributed by atoms with E-state index in [1.165, 1.54) is 7.11 Å². The highest BCUT2D eigenvalue weighted by atomic mass is 16.5. The molecule has 3 rings (SSSR count). The van der Waals surface area contributed by atoms with Crippen molar-refractivity contribution in [2.24, 2.45) is 5.10 Å². The maximum atomic E-state index is 12.6. The number of carbonyl (C=O) groups is 1. The topological polar surface area (TPSA) is 64.3 Å². The molecule has 0 aliphatic carbocycles. The smallest absolute Gasteiger partial charge is 0.360 e. The van der Waals surface area contributed by atoms with Crippen LogP contribution in [-0.4, -0.2) is 24.3 Å². The van der Waals surface area contributed by atoms with E-state index in [1.54, 1.807) is 24.4 Å². The number of hydrogen-bond donors (Lipinski definition) is 0. The molecule has 0 unspecified atom stereocenters. The monoisotopic (exact) mass is 366 g/mol. The Kier molecular flexibility index (Phi) is 5.76. The third kappa shape index (κ3) is 3.65. The van der Waals surface area contributed by atoms with Crippen LogP contribution in [0.1, 0.15) is 37.2 Å². The largest absolute Gasteiger partial charge is 0.483 e. The Morgan fingerprint density at radius 2 is 2.04 bits per heavy atom. The maximum absolute atomic E-state index is 12.6. The minimum Gasteiger partial charge on any atom is -0.483 e. The van der Waals surface area contributed by atoms with Gasteiger partial charge in [-0.15, -0.1) is 0 Å². The molecule has 140 valence electrons. The van der Waals surface area contributed by atoms with Crippen LogP contribution in [0, 0.1) is 0 Å². The van der Waals surface area contributed by atoms with Gasteiger partial charge in [-0.05, 0) is 25.0 Å². The van der Waals surface area contributed by atoms with Crippen molar-refractivity contribution >= 4 is 23.6 Å². The molecule has 2 heterocycles. The van der Waals surface area contributed by atoms with Crippen LogP contribution < -0.4 is 0 Å². The van der Waals surface area contributed by atoms with Crippen LogP contribution in [0.25, 0.3) is 11.5 Å². The number of benzene rings is 1. The van der Waals surface area contributed by atoms with Gasteiger partial charge in [-0.3, -0.25) is 0 Å². The van der Waals surface area contributed by atoms with E-state index >= 15 is 0 Å². The number of hydrazone groups is 1. The SMILES string of the molecule is C/C=N\N1C(C(=O)OC)=C(OCc2ccccc2)c2occc2/C1=C\CC. The van der Waals surface area contributed by atoms with Crippen molar-refractivity contribution in [1.82, 2.24) is 5.01 Å². The maximum Gasteiger partial charge on any atom is 0.360 e. The van der Waals surface area contributed by atoms with Gasteiger partial charge < -0.3 is 13.9 Å². The highest BCUT2D eigenvalue weighted by Crippen LogP contribution is 2.41. The average molecular weight is 366 g/mol. The summed E-state index contributed by atoms with van der Waals surface area (Å²) in [6.45, 7) is 4.09. The number of ether oxygens (including phenoxy) is 2. The summed E-state index contributed by atoms with van der Waals surface area (Å²) in [6.07, 6.45) is 5.95. The predicted molar refractivity (Wildman–Crippen MR) is 103 cm³/mol. The van der Waals surface area contributed by atoms with Gasteiger partial charge in [0.05, 0.1) is 19.1 Å². The van der Waals surface area contributed by atoms with Crippen LogP contribution in [0.3, 0.4) is 0 Å². The summed E-state index contributed by atoms with van der Waals surface area (Å²) in [5.41, 5.74) is 2.74. The average Bonchev–Trinajstić information content (AvgIpc) is 3.18.